The highest BCUT2D eigenvalue weighted by molar-refractivity contribution is 6.20. The van der Waals surface area contributed by atoms with Crippen molar-refractivity contribution in [3.63, 3.8) is 0 Å². The first kappa shape index (κ1) is 10.5. The van der Waals surface area contributed by atoms with Gasteiger partial charge in [-0.05, 0) is 30.0 Å². The van der Waals surface area contributed by atoms with Gasteiger partial charge in [0.2, 0.25) is 0 Å². The van der Waals surface area contributed by atoms with Gasteiger partial charge in [-0.25, -0.2) is 4.39 Å². The second kappa shape index (κ2) is 4.61. The van der Waals surface area contributed by atoms with Gasteiger partial charge < -0.3 is 0 Å². The van der Waals surface area contributed by atoms with Crippen LogP contribution in [0.4, 0.5) is 4.39 Å². The second-order valence-corrected chi connectivity index (χ2v) is 4.15. The van der Waals surface area contributed by atoms with E-state index in [1.165, 1.54) is 12.1 Å². The lowest BCUT2D eigenvalue weighted by Crippen LogP contribution is -2.10. The minimum absolute atomic E-state index is 0.130. The zero-order valence-electron chi connectivity index (χ0n) is 7.93. The molecule has 0 nitrogen and oxygen atoms in total. The molecule has 1 aromatic rings. The largest absolute Gasteiger partial charge is 0.207 e. The summed E-state index contributed by atoms with van der Waals surface area (Å²) in [6.45, 7) is 4.17. The number of benzene rings is 1. The molecule has 72 valence electrons. The molecule has 0 bridgehead atoms. The predicted octanol–water partition coefficient (Wildman–Crippen LogP) is 3.63. The van der Waals surface area contributed by atoms with E-state index in [-0.39, 0.29) is 11.2 Å². The topological polar surface area (TPSA) is 0 Å². The number of halogens is 2. The Morgan fingerprint density at radius 1 is 1.23 bits per heavy atom. The van der Waals surface area contributed by atoms with Crippen molar-refractivity contribution >= 4 is 11.6 Å². The van der Waals surface area contributed by atoms with Gasteiger partial charge in [0.05, 0.1) is 0 Å². The van der Waals surface area contributed by atoms with Crippen LogP contribution in [0.25, 0.3) is 0 Å². The van der Waals surface area contributed by atoms with Crippen LogP contribution in [0.5, 0.6) is 0 Å². The molecule has 1 aromatic carbocycles. The third-order valence-electron chi connectivity index (χ3n) is 2.07. The summed E-state index contributed by atoms with van der Waals surface area (Å²) in [6, 6.07) is 6.51. The van der Waals surface area contributed by atoms with Crippen LogP contribution in [-0.4, -0.2) is 5.38 Å². The van der Waals surface area contributed by atoms with Crippen molar-refractivity contribution in [2.45, 2.75) is 25.6 Å². The Morgan fingerprint density at radius 2 is 1.77 bits per heavy atom. The fourth-order valence-corrected chi connectivity index (χ4v) is 1.26. The van der Waals surface area contributed by atoms with Crippen LogP contribution >= 0.6 is 11.6 Å². The van der Waals surface area contributed by atoms with E-state index in [0.29, 0.717) is 5.92 Å². The Labute approximate surface area is 83.7 Å². The van der Waals surface area contributed by atoms with Crippen LogP contribution < -0.4 is 0 Å². The van der Waals surface area contributed by atoms with Gasteiger partial charge in [-0.3, -0.25) is 0 Å². The maximum absolute atomic E-state index is 12.5. The average Bonchev–Trinajstić information content (AvgIpc) is 2.08. The molecule has 1 unspecified atom stereocenters. The fourth-order valence-electron chi connectivity index (χ4n) is 1.08. The summed E-state index contributed by atoms with van der Waals surface area (Å²) in [5.41, 5.74) is 1.09. The molecule has 1 rings (SSSR count). The van der Waals surface area contributed by atoms with Gasteiger partial charge in [0, 0.05) is 5.38 Å². The Bertz CT molecular complexity index is 253. The van der Waals surface area contributed by atoms with E-state index in [2.05, 4.69) is 13.8 Å². The van der Waals surface area contributed by atoms with E-state index in [1.54, 1.807) is 12.1 Å². The first-order chi connectivity index (χ1) is 6.09. The van der Waals surface area contributed by atoms with E-state index in [0.717, 1.165) is 12.0 Å². The summed E-state index contributed by atoms with van der Waals surface area (Å²) >= 11 is 6.10. The van der Waals surface area contributed by atoms with Gasteiger partial charge in [0.25, 0.3) is 0 Å². The van der Waals surface area contributed by atoms with Crippen LogP contribution in [0.1, 0.15) is 19.4 Å². The van der Waals surface area contributed by atoms with E-state index in [4.69, 9.17) is 11.6 Å². The molecule has 0 fully saturated rings. The summed E-state index contributed by atoms with van der Waals surface area (Å²) in [5, 5.41) is 0.130. The Morgan fingerprint density at radius 3 is 2.23 bits per heavy atom. The van der Waals surface area contributed by atoms with Gasteiger partial charge in [0.1, 0.15) is 5.82 Å². The fraction of sp³-hybridized carbons (Fsp3) is 0.455. The molecule has 1 atom stereocenters. The highest BCUT2D eigenvalue weighted by Crippen LogP contribution is 2.15. The molecule has 0 amide bonds. The van der Waals surface area contributed by atoms with Crippen molar-refractivity contribution in [3.05, 3.63) is 35.6 Å². The van der Waals surface area contributed by atoms with Gasteiger partial charge in [-0.15, -0.1) is 11.6 Å². The van der Waals surface area contributed by atoms with Gasteiger partial charge >= 0.3 is 0 Å². The summed E-state index contributed by atoms with van der Waals surface area (Å²) in [6.07, 6.45) is 0.805. The van der Waals surface area contributed by atoms with E-state index >= 15 is 0 Å². The maximum atomic E-state index is 12.5. The van der Waals surface area contributed by atoms with Crippen molar-refractivity contribution < 1.29 is 4.39 Å². The zero-order chi connectivity index (χ0) is 9.84. The summed E-state index contributed by atoms with van der Waals surface area (Å²) in [7, 11) is 0. The van der Waals surface area contributed by atoms with Crippen LogP contribution in [0, 0.1) is 11.7 Å². The van der Waals surface area contributed by atoms with Crippen molar-refractivity contribution in [2.75, 3.05) is 0 Å². The minimum Gasteiger partial charge on any atom is -0.207 e. The molecule has 0 aliphatic rings. The first-order valence-corrected chi connectivity index (χ1v) is 4.91. The minimum atomic E-state index is -0.195. The van der Waals surface area contributed by atoms with Crippen molar-refractivity contribution in [3.8, 4) is 0 Å². The van der Waals surface area contributed by atoms with Gasteiger partial charge in [-0.1, -0.05) is 26.0 Å². The summed E-state index contributed by atoms with van der Waals surface area (Å²) < 4.78 is 12.5. The molecule has 0 spiro atoms. The standard InChI is InChI=1S/C11H14ClF/c1-8(2)11(12)7-9-3-5-10(13)6-4-9/h3-6,8,11H,7H2,1-2H3. The van der Waals surface area contributed by atoms with Crippen LogP contribution in [-0.2, 0) is 6.42 Å². The molecular formula is C11H14ClF. The summed E-state index contributed by atoms with van der Waals surface area (Å²) in [5.74, 6) is 0.256. The Hall–Kier alpha value is -0.560. The monoisotopic (exact) mass is 200 g/mol. The van der Waals surface area contributed by atoms with Crippen molar-refractivity contribution in [2.24, 2.45) is 5.92 Å². The van der Waals surface area contributed by atoms with E-state index < -0.39 is 0 Å². The van der Waals surface area contributed by atoms with E-state index in [9.17, 15) is 4.39 Å². The quantitative estimate of drug-likeness (QED) is 0.654. The lowest BCUT2D eigenvalue weighted by molar-refractivity contribution is 0.594. The molecule has 0 saturated carbocycles. The third kappa shape index (κ3) is 3.35. The maximum Gasteiger partial charge on any atom is 0.123 e. The van der Waals surface area contributed by atoms with Crippen molar-refractivity contribution in [1.82, 2.24) is 0 Å². The Kier molecular flexibility index (Phi) is 3.73. The smallest absolute Gasteiger partial charge is 0.123 e. The molecule has 0 heterocycles. The highest BCUT2D eigenvalue weighted by Gasteiger charge is 2.09. The molecule has 0 aliphatic heterocycles. The van der Waals surface area contributed by atoms with Gasteiger partial charge in [-0.2, -0.15) is 0 Å². The number of hydrogen-bond acceptors (Lipinski definition) is 0. The molecule has 0 aliphatic carbocycles. The second-order valence-electron chi connectivity index (χ2n) is 3.59. The first-order valence-electron chi connectivity index (χ1n) is 4.48. The lowest BCUT2D eigenvalue weighted by Gasteiger charge is -2.12. The predicted molar refractivity (Wildman–Crippen MR) is 54.6 cm³/mol. The molecule has 0 radical (unpaired) electrons. The third-order valence-corrected chi connectivity index (χ3v) is 2.73. The molecule has 0 saturated heterocycles. The number of hydrogen-bond donors (Lipinski definition) is 0. The van der Waals surface area contributed by atoms with Crippen LogP contribution in [0.15, 0.2) is 24.3 Å². The van der Waals surface area contributed by atoms with Crippen molar-refractivity contribution in [1.29, 1.82) is 0 Å². The number of alkyl halides is 1. The Balaban J connectivity index is 2.59. The molecule has 13 heavy (non-hydrogen) atoms. The lowest BCUT2D eigenvalue weighted by atomic mass is 10.0. The number of rotatable bonds is 3. The zero-order valence-corrected chi connectivity index (χ0v) is 8.68. The normalized spacial score (nSPS) is 13.3. The molecular weight excluding hydrogens is 187 g/mol. The van der Waals surface area contributed by atoms with Crippen LogP contribution in [0.2, 0.25) is 0 Å². The van der Waals surface area contributed by atoms with Gasteiger partial charge in [0.15, 0.2) is 0 Å². The highest BCUT2D eigenvalue weighted by atomic mass is 35.5. The molecule has 0 N–H and O–H groups in total. The SMILES string of the molecule is CC(C)C(Cl)Cc1ccc(F)cc1. The van der Waals surface area contributed by atoms with E-state index in [1.807, 2.05) is 0 Å². The molecule has 2 heteroatoms. The van der Waals surface area contributed by atoms with Crippen LogP contribution in [0.3, 0.4) is 0 Å². The average molecular weight is 201 g/mol. The summed E-state index contributed by atoms with van der Waals surface area (Å²) in [4.78, 5) is 0. The molecule has 0 aromatic heterocycles.